The second kappa shape index (κ2) is 8.54. The van der Waals surface area contributed by atoms with Crippen LogP contribution in [0.4, 0.5) is 4.39 Å². The minimum Gasteiger partial charge on any atom is -0.480 e. The van der Waals surface area contributed by atoms with Gasteiger partial charge in [-0.05, 0) is 18.1 Å². The lowest BCUT2D eigenvalue weighted by atomic mass is 10.1. The molecule has 1 atom stereocenters. The summed E-state index contributed by atoms with van der Waals surface area (Å²) in [5, 5.41) is 12.3. The molecule has 1 heterocycles. The van der Waals surface area contributed by atoms with Crippen LogP contribution in [0.25, 0.3) is 0 Å². The van der Waals surface area contributed by atoms with Crippen LogP contribution in [-0.2, 0) is 11.2 Å². The molecule has 0 aliphatic heterocycles. The zero-order valence-electron chi connectivity index (χ0n) is 13.3. The molecule has 0 aliphatic rings. The van der Waals surface area contributed by atoms with Crippen LogP contribution in [0.1, 0.15) is 46.4 Å². The maximum Gasteiger partial charge on any atom is 0.326 e. The first-order valence-electron chi connectivity index (χ1n) is 7.73. The number of halogens is 1. The minimum atomic E-state index is -1.05. The molecule has 2 rings (SSSR count). The number of carboxylic acids is 1. The highest BCUT2D eigenvalue weighted by Gasteiger charge is 2.21. The zero-order valence-corrected chi connectivity index (χ0v) is 14.1. The van der Waals surface area contributed by atoms with Crippen molar-refractivity contribution in [3.05, 3.63) is 51.7 Å². The average Bonchev–Trinajstić information content (AvgIpc) is 3.02. The lowest BCUT2D eigenvalue weighted by Crippen LogP contribution is -2.40. The molecule has 0 radical (unpaired) electrons. The monoisotopic (exact) mass is 350 g/mol. The highest BCUT2D eigenvalue weighted by atomic mass is 32.1. The van der Waals surface area contributed by atoms with Crippen molar-refractivity contribution < 1.29 is 19.1 Å². The number of nitrogens with one attached hydrogen (secondary N) is 1. The van der Waals surface area contributed by atoms with Gasteiger partial charge in [0.15, 0.2) is 0 Å². The summed E-state index contributed by atoms with van der Waals surface area (Å²) in [5.74, 6) is -1.83. The van der Waals surface area contributed by atoms with E-state index in [1.165, 1.54) is 12.3 Å². The van der Waals surface area contributed by atoms with E-state index in [2.05, 4.69) is 10.3 Å². The lowest BCUT2D eigenvalue weighted by Gasteiger charge is -2.12. The third-order valence-corrected chi connectivity index (χ3v) is 4.52. The van der Waals surface area contributed by atoms with E-state index in [4.69, 9.17) is 5.11 Å². The summed E-state index contributed by atoms with van der Waals surface area (Å²) < 4.78 is 13.7. The van der Waals surface area contributed by atoms with Crippen molar-refractivity contribution in [3.8, 4) is 0 Å². The molecule has 24 heavy (non-hydrogen) atoms. The van der Waals surface area contributed by atoms with Gasteiger partial charge >= 0.3 is 5.97 Å². The molecule has 1 aromatic carbocycles. The van der Waals surface area contributed by atoms with Gasteiger partial charge in [-0.15, -0.1) is 11.3 Å². The number of hydrogen-bond acceptors (Lipinski definition) is 4. The van der Waals surface area contributed by atoms with Crippen LogP contribution in [0.5, 0.6) is 0 Å². The number of thiazole rings is 1. The number of rotatable bonds is 8. The lowest BCUT2D eigenvalue weighted by molar-refractivity contribution is -0.139. The van der Waals surface area contributed by atoms with Gasteiger partial charge < -0.3 is 10.4 Å². The first kappa shape index (κ1) is 18.1. The highest BCUT2D eigenvalue weighted by Crippen LogP contribution is 2.19. The molecule has 1 unspecified atom stereocenters. The van der Waals surface area contributed by atoms with Gasteiger partial charge in [0.05, 0.1) is 11.2 Å². The Kier molecular flexibility index (Phi) is 6.43. The van der Waals surface area contributed by atoms with Gasteiger partial charge in [0, 0.05) is 6.42 Å². The third kappa shape index (κ3) is 4.86. The van der Waals surface area contributed by atoms with E-state index >= 15 is 0 Å². The molecule has 0 aliphatic carbocycles. The van der Waals surface area contributed by atoms with E-state index in [1.54, 1.807) is 18.2 Å². The molecule has 0 spiro atoms. The Hall–Kier alpha value is -2.28. The fourth-order valence-corrected chi connectivity index (χ4v) is 3.04. The molecule has 0 bridgehead atoms. The smallest absolute Gasteiger partial charge is 0.326 e. The SMILES string of the molecule is CCCCC(NC(=O)c1cnc(Cc2ccccc2F)s1)C(=O)O. The quantitative estimate of drug-likeness (QED) is 0.766. The van der Waals surface area contributed by atoms with Gasteiger partial charge in [-0.25, -0.2) is 14.2 Å². The highest BCUT2D eigenvalue weighted by molar-refractivity contribution is 7.13. The summed E-state index contributed by atoms with van der Waals surface area (Å²) in [5.41, 5.74) is 0.505. The topological polar surface area (TPSA) is 79.3 Å². The van der Waals surface area contributed by atoms with Crippen molar-refractivity contribution in [3.63, 3.8) is 0 Å². The van der Waals surface area contributed by atoms with Gasteiger partial charge in [-0.2, -0.15) is 0 Å². The first-order chi connectivity index (χ1) is 11.5. The Labute approximate surface area is 143 Å². The normalized spacial score (nSPS) is 11.9. The number of carbonyl (C=O) groups excluding carboxylic acids is 1. The van der Waals surface area contributed by atoms with Crippen LogP contribution in [0.3, 0.4) is 0 Å². The second-order valence-electron chi connectivity index (χ2n) is 5.39. The van der Waals surface area contributed by atoms with E-state index in [-0.39, 0.29) is 5.82 Å². The Morgan fingerprint density at radius 1 is 1.38 bits per heavy atom. The Morgan fingerprint density at radius 3 is 2.79 bits per heavy atom. The Balaban J connectivity index is 2.02. The number of nitrogens with zero attached hydrogens (tertiary/aromatic N) is 1. The predicted octanol–water partition coefficient (Wildman–Crippen LogP) is 3.25. The van der Waals surface area contributed by atoms with Crippen molar-refractivity contribution in [2.45, 2.75) is 38.6 Å². The van der Waals surface area contributed by atoms with Crippen LogP contribution >= 0.6 is 11.3 Å². The molecule has 128 valence electrons. The van der Waals surface area contributed by atoms with E-state index in [0.717, 1.165) is 24.2 Å². The Morgan fingerprint density at radius 2 is 2.12 bits per heavy atom. The summed E-state index contributed by atoms with van der Waals surface area (Å²) in [6.45, 7) is 1.96. The molecule has 1 amide bonds. The summed E-state index contributed by atoms with van der Waals surface area (Å²) >= 11 is 1.14. The van der Waals surface area contributed by atoms with Crippen molar-refractivity contribution in [2.24, 2.45) is 0 Å². The number of hydrogen-bond donors (Lipinski definition) is 2. The maximum absolute atomic E-state index is 13.7. The number of unbranched alkanes of at least 4 members (excludes halogenated alkanes) is 1. The average molecular weight is 350 g/mol. The number of carboxylic acid groups (broad SMARTS) is 1. The standard InChI is InChI=1S/C17H19FN2O3S/c1-2-3-8-13(17(22)23)20-16(21)14-10-19-15(24-14)9-11-6-4-5-7-12(11)18/h4-7,10,13H,2-3,8-9H2,1H3,(H,20,21)(H,22,23). The maximum atomic E-state index is 13.7. The molecule has 2 aromatic rings. The van der Waals surface area contributed by atoms with E-state index < -0.39 is 17.9 Å². The first-order valence-corrected chi connectivity index (χ1v) is 8.54. The van der Waals surface area contributed by atoms with Gasteiger partial charge in [0.1, 0.15) is 16.7 Å². The van der Waals surface area contributed by atoms with Crippen LogP contribution in [0, 0.1) is 5.82 Å². The van der Waals surface area contributed by atoms with Gasteiger partial charge in [-0.1, -0.05) is 38.0 Å². The summed E-state index contributed by atoms with van der Waals surface area (Å²) in [6, 6.07) is 5.49. The van der Waals surface area contributed by atoms with Gasteiger partial charge in [-0.3, -0.25) is 4.79 Å². The number of aromatic nitrogens is 1. The van der Waals surface area contributed by atoms with Crippen LogP contribution < -0.4 is 5.32 Å². The van der Waals surface area contributed by atoms with Crippen molar-refractivity contribution >= 4 is 23.2 Å². The number of amides is 1. The molecule has 0 saturated heterocycles. The van der Waals surface area contributed by atoms with Crippen LogP contribution in [0.15, 0.2) is 30.5 Å². The zero-order chi connectivity index (χ0) is 17.5. The van der Waals surface area contributed by atoms with Crippen molar-refractivity contribution in [2.75, 3.05) is 0 Å². The molecular weight excluding hydrogens is 331 g/mol. The summed E-state index contributed by atoms with van der Waals surface area (Å²) in [4.78, 5) is 27.8. The van der Waals surface area contributed by atoms with Gasteiger partial charge in [0.2, 0.25) is 0 Å². The molecule has 7 heteroatoms. The summed E-state index contributed by atoms with van der Waals surface area (Å²) in [6.07, 6.45) is 3.65. The minimum absolute atomic E-state index is 0.294. The second-order valence-corrected chi connectivity index (χ2v) is 6.51. The molecule has 0 fully saturated rings. The number of aliphatic carboxylic acids is 1. The molecule has 2 N–H and O–H groups in total. The van der Waals surface area contributed by atoms with Crippen molar-refractivity contribution in [1.82, 2.24) is 10.3 Å². The van der Waals surface area contributed by atoms with Gasteiger partial charge in [0.25, 0.3) is 5.91 Å². The number of benzene rings is 1. The molecule has 5 nitrogen and oxygen atoms in total. The molecular formula is C17H19FN2O3S. The summed E-state index contributed by atoms with van der Waals surface area (Å²) in [7, 11) is 0. The van der Waals surface area contributed by atoms with Crippen LogP contribution in [0.2, 0.25) is 0 Å². The van der Waals surface area contributed by atoms with E-state index in [0.29, 0.717) is 28.3 Å². The third-order valence-electron chi connectivity index (χ3n) is 3.53. The van der Waals surface area contributed by atoms with E-state index in [9.17, 15) is 14.0 Å². The molecule has 0 saturated carbocycles. The fourth-order valence-electron chi connectivity index (χ4n) is 2.20. The predicted molar refractivity (Wildman–Crippen MR) is 89.7 cm³/mol. The molecule has 1 aromatic heterocycles. The van der Waals surface area contributed by atoms with Crippen molar-refractivity contribution in [1.29, 1.82) is 0 Å². The Bertz CT molecular complexity index is 717. The van der Waals surface area contributed by atoms with Crippen LogP contribution in [-0.4, -0.2) is 28.0 Å². The largest absolute Gasteiger partial charge is 0.480 e. The number of carbonyl (C=O) groups is 2. The fraction of sp³-hybridized carbons (Fsp3) is 0.353. The van der Waals surface area contributed by atoms with E-state index in [1.807, 2.05) is 6.92 Å².